The summed E-state index contributed by atoms with van der Waals surface area (Å²) in [5.41, 5.74) is 2.03. The normalized spacial score (nSPS) is 10.7. The summed E-state index contributed by atoms with van der Waals surface area (Å²) in [6, 6.07) is 22.8. The third-order valence-corrected chi connectivity index (χ3v) is 4.97. The van der Waals surface area contributed by atoms with Crippen molar-refractivity contribution in [3.8, 4) is 0 Å². The van der Waals surface area contributed by atoms with Gasteiger partial charge in [-0.15, -0.1) is 0 Å². The zero-order chi connectivity index (χ0) is 22.1. The molecule has 6 heteroatoms. The number of hydrogen-bond acceptors (Lipinski definition) is 3. The van der Waals surface area contributed by atoms with E-state index in [0.717, 1.165) is 11.1 Å². The number of amides is 3. The van der Waals surface area contributed by atoms with Crippen LogP contribution in [0.3, 0.4) is 0 Å². The average Bonchev–Trinajstić information content (AvgIpc) is 3.29. The fraction of sp³-hybridized carbons (Fsp3) is 0.280. The lowest BCUT2D eigenvalue weighted by molar-refractivity contribution is -0.133. The van der Waals surface area contributed by atoms with Crippen molar-refractivity contribution in [2.75, 3.05) is 6.54 Å². The minimum atomic E-state index is -0.259. The first kappa shape index (κ1) is 22.2. The van der Waals surface area contributed by atoms with Crippen molar-refractivity contribution in [3.63, 3.8) is 0 Å². The van der Waals surface area contributed by atoms with E-state index in [0.29, 0.717) is 25.4 Å². The van der Waals surface area contributed by atoms with E-state index in [1.807, 2.05) is 80.6 Å². The van der Waals surface area contributed by atoms with Gasteiger partial charge in [-0.1, -0.05) is 60.7 Å². The van der Waals surface area contributed by atoms with E-state index in [1.165, 1.54) is 0 Å². The molecule has 3 aromatic rings. The van der Waals surface area contributed by atoms with E-state index in [2.05, 4.69) is 5.32 Å². The van der Waals surface area contributed by atoms with Crippen molar-refractivity contribution < 1.29 is 14.0 Å². The molecule has 1 heterocycles. The predicted molar refractivity (Wildman–Crippen MR) is 120 cm³/mol. The second-order valence-corrected chi connectivity index (χ2v) is 7.68. The molecule has 1 aromatic heterocycles. The van der Waals surface area contributed by atoms with E-state index < -0.39 is 0 Å². The van der Waals surface area contributed by atoms with Crippen LogP contribution < -0.4 is 5.32 Å². The Morgan fingerprint density at radius 2 is 1.52 bits per heavy atom. The Morgan fingerprint density at radius 3 is 2.10 bits per heavy atom. The van der Waals surface area contributed by atoms with Crippen molar-refractivity contribution in [2.24, 2.45) is 0 Å². The molecule has 0 unspecified atom stereocenters. The van der Waals surface area contributed by atoms with Gasteiger partial charge >= 0.3 is 6.03 Å². The van der Waals surface area contributed by atoms with Crippen molar-refractivity contribution in [2.45, 2.75) is 39.5 Å². The minimum Gasteiger partial charge on any atom is -0.467 e. The van der Waals surface area contributed by atoms with Gasteiger partial charge in [0, 0.05) is 19.1 Å². The number of hydrogen-bond donors (Lipinski definition) is 1. The molecular weight excluding hydrogens is 390 g/mol. The number of rotatable bonds is 9. The van der Waals surface area contributed by atoms with Crippen LogP contribution >= 0.6 is 0 Å². The monoisotopic (exact) mass is 419 g/mol. The van der Waals surface area contributed by atoms with Gasteiger partial charge in [-0.3, -0.25) is 4.79 Å². The maximum atomic E-state index is 13.2. The Labute approximate surface area is 183 Å². The van der Waals surface area contributed by atoms with Gasteiger partial charge in [0.2, 0.25) is 5.91 Å². The lowest BCUT2D eigenvalue weighted by Gasteiger charge is -2.30. The van der Waals surface area contributed by atoms with Crippen LogP contribution in [-0.2, 0) is 24.4 Å². The van der Waals surface area contributed by atoms with Crippen LogP contribution in [0.1, 0.15) is 30.7 Å². The zero-order valence-electron chi connectivity index (χ0n) is 18.0. The van der Waals surface area contributed by atoms with Gasteiger partial charge in [-0.25, -0.2) is 4.79 Å². The quantitative estimate of drug-likeness (QED) is 0.558. The molecule has 3 amide bonds. The summed E-state index contributed by atoms with van der Waals surface area (Å²) >= 11 is 0. The molecular formula is C25H29N3O3. The van der Waals surface area contributed by atoms with Crippen molar-refractivity contribution in [1.29, 1.82) is 0 Å². The molecule has 0 aliphatic carbocycles. The summed E-state index contributed by atoms with van der Waals surface area (Å²) in [4.78, 5) is 29.3. The number of carbonyl (C=O) groups is 2. The summed E-state index contributed by atoms with van der Waals surface area (Å²) < 4.78 is 5.45. The van der Waals surface area contributed by atoms with Gasteiger partial charge < -0.3 is 19.5 Å². The first-order chi connectivity index (χ1) is 15.0. The van der Waals surface area contributed by atoms with Gasteiger partial charge in [-0.05, 0) is 37.1 Å². The summed E-state index contributed by atoms with van der Waals surface area (Å²) in [5, 5.41) is 2.92. The fourth-order valence-electron chi connectivity index (χ4n) is 3.24. The molecule has 0 bridgehead atoms. The largest absolute Gasteiger partial charge is 0.467 e. The lowest BCUT2D eigenvalue weighted by Crippen LogP contribution is -2.49. The standard InChI is InChI=1S/C25H29N3O3/c1-20(2)28(25(30)26-16-21-10-5-3-6-11-21)19-24(29)27(18-23-14-9-15-31-23)17-22-12-7-4-8-13-22/h3-15,20H,16-19H2,1-2H3,(H,26,30). The van der Waals surface area contributed by atoms with Crippen molar-refractivity contribution in [1.82, 2.24) is 15.1 Å². The average molecular weight is 420 g/mol. The molecule has 0 aliphatic rings. The molecule has 3 rings (SSSR count). The van der Waals surface area contributed by atoms with Crippen LogP contribution in [0.25, 0.3) is 0 Å². The molecule has 1 N–H and O–H groups in total. The Hall–Kier alpha value is -3.54. The molecule has 162 valence electrons. The lowest BCUT2D eigenvalue weighted by atomic mass is 10.2. The van der Waals surface area contributed by atoms with E-state index in [-0.39, 0.29) is 24.5 Å². The number of furan rings is 1. The van der Waals surface area contributed by atoms with E-state index in [1.54, 1.807) is 22.1 Å². The molecule has 0 aliphatic heterocycles. The highest BCUT2D eigenvalue weighted by atomic mass is 16.3. The topological polar surface area (TPSA) is 65.8 Å². The van der Waals surface area contributed by atoms with Gasteiger partial charge in [0.1, 0.15) is 12.3 Å². The SMILES string of the molecule is CC(C)N(CC(=O)N(Cc1ccccc1)Cc1ccco1)C(=O)NCc1ccccc1. The van der Waals surface area contributed by atoms with Crippen LogP contribution in [0, 0.1) is 0 Å². The molecule has 31 heavy (non-hydrogen) atoms. The summed E-state index contributed by atoms with van der Waals surface area (Å²) in [5.74, 6) is 0.567. The fourth-order valence-corrected chi connectivity index (χ4v) is 3.24. The molecule has 2 aromatic carbocycles. The van der Waals surface area contributed by atoms with Crippen LogP contribution in [0.2, 0.25) is 0 Å². The van der Waals surface area contributed by atoms with Gasteiger partial charge in [0.25, 0.3) is 0 Å². The maximum absolute atomic E-state index is 13.2. The Balaban J connectivity index is 1.68. The number of nitrogens with one attached hydrogen (secondary N) is 1. The number of nitrogens with zero attached hydrogens (tertiary/aromatic N) is 2. The van der Waals surface area contributed by atoms with Gasteiger partial charge in [0.05, 0.1) is 12.8 Å². The van der Waals surface area contributed by atoms with Crippen LogP contribution in [0.5, 0.6) is 0 Å². The minimum absolute atomic E-state index is 0.00810. The summed E-state index contributed by atoms with van der Waals surface area (Å²) in [7, 11) is 0. The van der Waals surface area contributed by atoms with Crippen LogP contribution in [0.15, 0.2) is 83.5 Å². The molecule has 6 nitrogen and oxygen atoms in total. The molecule has 0 fully saturated rings. The first-order valence-corrected chi connectivity index (χ1v) is 10.5. The number of benzene rings is 2. The van der Waals surface area contributed by atoms with Gasteiger partial charge in [0.15, 0.2) is 0 Å². The second kappa shape index (κ2) is 11.0. The zero-order valence-corrected chi connectivity index (χ0v) is 18.0. The molecule has 0 radical (unpaired) electrons. The highest BCUT2D eigenvalue weighted by molar-refractivity contribution is 5.84. The Kier molecular flexibility index (Phi) is 7.87. The summed E-state index contributed by atoms with van der Waals surface area (Å²) in [6.07, 6.45) is 1.60. The summed E-state index contributed by atoms with van der Waals surface area (Å²) in [6.45, 7) is 5.01. The highest BCUT2D eigenvalue weighted by Crippen LogP contribution is 2.12. The predicted octanol–water partition coefficient (Wildman–Crippen LogP) is 4.43. The van der Waals surface area contributed by atoms with Crippen LogP contribution in [-0.4, -0.2) is 34.3 Å². The number of carbonyl (C=O) groups excluding carboxylic acids is 2. The van der Waals surface area contributed by atoms with Gasteiger partial charge in [-0.2, -0.15) is 0 Å². The van der Waals surface area contributed by atoms with E-state index in [4.69, 9.17) is 4.42 Å². The third-order valence-electron chi connectivity index (χ3n) is 4.97. The second-order valence-electron chi connectivity index (χ2n) is 7.68. The Bertz CT molecular complexity index is 941. The molecule has 0 saturated carbocycles. The van der Waals surface area contributed by atoms with Crippen LogP contribution in [0.4, 0.5) is 4.79 Å². The first-order valence-electron chi connectivity index (χ1n) is 10.5. The number of urea groups is 1. The van der Waals surface area contributed by atoms with Crippen molar-refractivity contribution >= 4 is 11.9 Å². The molecule has 0 saturated heterocycles. The highest BCUT2D eigenvalue weighted by Gasteiger charge is 2.24. The van der Waals surface area contributed by atoms with E-state index in [9.17, 15) is 9.59 Å². The van der Waals surface area contributed by atoms with Crippen molar-refractivity contribution in [3.05, 3.63) is 95.9 Å². The third kappa shape index (κ3) is 6.74. The molecule has 0 atom stereocenters. The maximum Gasteiger partial charge on any atom is 0.318 e. The Morgan fingerprint density at radius 1 is 0.871 bits per heavy atom. The van der Waals surface area contributed by atoms with E-state index >= 15 is 0 Å². The molecule has 0 spiro atoms. The smallest absolute Gasteiger partial charge is 0.318 e.